The van der Waals surface area contributed by atoms with Gasteiger partial charge in [0.25, 0.3) is 15.9 Å². The van der Waals surface area contributed by atoms with E-state index in [9.17, 15) is 26.4 Å². The molecular weight excluding hydrogens is 573 g/mol. The van der Waals surface area contributed by atoms with Gasteiger partial charge in [0.05, 0.1) is 29.0 Å². The third kappa shape index (κ3) is 5.77. The second-order valence-corrected chi connectivity index (χ2v) is 14.0. The largest absolute Gasteiger partial charge is 0.477 e. The first kappa shape index (κ1) is 30.1. The molecule has 3 aromatic heterocycles. The molecule has 228 valence electrons. The Morgan fingerprint density at radius 1 is 1.19 bits per heavy atom. The zero-order valence-corrected chi connectivity index (χ0v) is 25.0. The van der Waals surface area contributed by atoms with Crippen LogP contribution in [-0.4, -0.2) is 51.7 Å². The predicted octanol–water partition coefficient (Wildman–Crippen LogP) is 5.08. The van der Waals surface area contributed by atoms with Crippen molar-refractivity contribution in [3.05, 3.63) is 47.5 Å². The number of halogens is 3. The van der Waals surface area contributed by atoms with Crippen LogP contribution < -0.4 is 9.46 Å². The number of carbonyl (C=O) groups is 1. The summed E-state index contributed by atoms with van der Waals surface area (Å²) in [6.07, 6.45) is 0.414. The standard InChI is InChI=1S/C28H35F3N6O4S/c1-17-14-20(26(3,4)15-17)24-19(25(38)35-42(39,40)21-16-36(5)33-18(21)2)6-7-22(32-24)37-12-8-23(34-37)41-13-11-27(9-10-27)28(29,30)31/h6-8,12,16-17,20H,9-11,13-15H2,1-5H3,(H,35,38)/t17-,20?/m1/s1. The lowest BCUT2D eigenvalue weighted by Gasteiger charge is -2.28. The number of sulfonamides is 1. The summed E-state index contributed by atoms with van der Waals surface area (Å²) in [6.45, 7) is 7.75. The number of nitrogens with one attached hydrogen (secondary N) is 1. The monoisotopic (exact) mass is 608 g/mol. The molecule has 0 aromatic carbocycles. The maximum absolute atomic E-state index is 13.5. The first-order valence-corrected chi connectivity index (χ1v) is 15.3. The highest BCUT2D eigenvalue weighted by Crippen LogP contribution is 2.59. The topological polar surface area (TPSA) is 121 Å². The number of alkyl halides is 3. The molecule has 2 aliphatic carbocycles. The molecule has 3 heterocycles. The fourth-order valence-corrected chi connectivity index (χ4v) is 7.32. The van der Waals surface area contributed by atoms with Crippen LogP contribution >= 0.6 is 0 Å². The third-order valence-electron chi connectivity index (χ3n) is 8.51. The summed E-state index contributed by atoms with van der Waals surface area (Å²) >= 11 is 0. The number of aromatic nitrogens is 5. The van der Waals surface area contributed by atoms with E-state index in [1.54, 1.807) is 32.3 Å². The van der Waals surface area contributed by atoms with Gasteiger partial charge in [0, 0.05) is 31.4 Å². The Balaban J connectivity index is 1.41. The van der Waals surface area contributed by atoms with Crippen molar-refractivity contribution >= 4 is 15.9 Å². The van der Waals surface area contributed by atoms with Crippen LogP contribution in [0.1, 0.15) is 80.5 Å². The Labute approximate surface area is 242 Å². The van der Waals surface area contributed by atoms with E-state index in [-0.39, 0.29) is 59.2 Å². The fraction of sp³-hybridized carbons (Fsp3) is 0.571. The molecule has 1 N–H and O–H groups in total. The van der Waals surface area contributed by atoms with Gasteiger partial charge in [0.2, 0.25) is 5.88 Å². The van der Waals surface area contributed by atoms with Crippen LogP contribution in [0.5, 0.6) is 5.88 Å². The Morgan fingerprint density at radius 2 is 1.90 bits per heavy atom. The summed E-state index contributed by atoms with van der Waals surface area (Å²) in [5.41, 5.74) is -1.01. The van der Waals surface area contributed by atoms with Crippen LogP contribution in [0.25, 0.3) is 5.82 Å². The quantitative estimate of drug-likeness (QED) is 0.360. The zero-order chi connectivity index (χ0) is 30.7. The molecule has 1 amide bonds. The Kier molecular flexibility index (Phi) is 7.43. The highest BCUT2D eigenvalue weighted by molar-refractivity contribution is 7.90. The van der Waals surface area contributed by atoms with Gasteiger partial charge in [0.15, 0.2) is 5.82 Å². The molecule has 0 bridgehead atoms. The van der Waals surface area contributed by atoms with Crippen molar-refractivity contribution in [3.63, 3.8) is 0 Å². The predicted molar refractivity (Wildman–Crippen MR) is 147 cm³/mol. The number of aryl methyl sites for hydroxylation is 2. The Morgan fingerprint density at radius 3 is 2.48 bits per heavy atom. The number of rotatable bonds is 9. The summed E-state index contributed by atoms with van der Waals surface area (Å²) in [4.78, 5) is 18.2. The smallest absolute Gasteiger partial charge is 0.394 e. The molecule has 0 saturated heterocycles. The second kappa shape index (κ2) is 10.4. The number of nitrogens with zero attached hydrogens (tertiary/aromatic N) is 5. The maximum atomic E-state index is 13.5. The lowest BCUT2D eigenvalue weighted by atomic mass is 9.78. The summed E-state index contributed by atoms with van der Waals surface area (Å²) in [5.74, 6) is -0.0490. The number of carbonyl (C=O) groups excluding carboxylic acids is 1. The summed E-state index contributed by atoms with van der Waals surface area (Å²) < 4.78 is 76.3. The number of hydrogen-bond donors (Lipinski definition) is 1. The fourth-order valence-electron chi connectivity index (χ4n) is 6.14. The van der Waals surface area contributed by atoms with Crippen molar-refractivity contribution in [2.75, 3.05) is 6.61 Å². The van der Waals surface area contributed by atoms with Crippen LogP contribution in [-0.2, 0) is 17.1 Å². The van der Waals surface area contributed by atoms with Gasteiger partial charge < -0.3 is 4.74 Å². The SMILES string of the molecule is Cc1nn(C)cc1S(=O)(=O)NC(=O)c1ccc(-n2ccc(OCCC3(C(F)(F)F)CC3)n2)nc1C1C[C@@H](C)CC1(C)C. The van der Waals surface area contributed by atoms with Gasteiger partial charge in [0.1, 0.15) is 4.90 Å². The lowest BCUT2D eigenvalue weighted by Crippen LogP contribution is -2.33. The van der Waals surface area contributed by atoms with Crippen molar-refractivity contribution in [3.8, 4) is 11.7 Å². The molecule has 2 saturated carbocycles. The number of pyridine rings is 1. The highest BCUT2D eigenvalue weighted by Gasteiger charge is 2.62. The molecule has 2 aliphatic rings. The Bertz CT molecular complexity index is 1610. The van der Waals surface area contributed by atoms with E-state index < -0.39 is 27.5 Å². The molecule has 10 nitrogen and oxygen atoms in total. The molecule has 3 aromatic rings. The maximum Gasteiger partial charge on any atom is 0.394 e. The Hall–Kier alpha value is -3.42. The molecule has 2 atom stereocenters. The minimum Gasteiger partial charge on any atom is -0.477 e. The molecule has 0 aliphatic heterocycles. The van der Waals surface area contributed by atoms with Gasteiger partial charge in [-0.2, -0.15) is 18.3 Å². The average Bonchev–Trinajstić information content (AvgIpc) is 3.25. The third-order valence-corrected chi connectivity index (χ3v) is 9.94. The molecule has 14 heteroatoms. The minimum atomic E-state index is -4.24. The summed E-state index contributed by atoms with van der Waals surface area (Å²) in [5, 5.41) is 8.39. The van der Waals surface area contributed by atoms with Crippen molar-refractivity contribution in [1.29, 1.82) is 0 Å². The van der Waals surface area contributed by atoms with Gasteiger partial charge >= 0.3 is 6.18 Å². The molecule has 2 fully saturated rings. The lowest BCUT2D eigenvalue weighted by molar-refractivity contribution is -0.190. The molecule has 5 rings (SSSR count). The van der Waals surface area contributed by atoms with Crippen molar-refractivity contribution < 1.29 is 31.1 Å². The summed E-state index contributed by atoms with van der Waals surface area (Å²) in [6, 6.07) is 4.62. The van der Waals surface area contributed by atoms with E-state index in [4.69, 9.17) is 9.72 Å². The van der Waals surface area contributed by atoms with E-state index >= 15 is 0 Å². The van der Waals surface area contributed by atoms with E-state index in [1.165, 1.54) is 21.6 Å². The van der Waals surface area contributed by atoms with Crippen molar-refractivity contribution in [2.45, 2.75) is 76.8 Å². The first-order valence-electron chi connectivity index (χ1n) is 13.9. The molecular formula is C28H35F3N6O4S. The van der Waals surface area contributed by atoms with Crippen LogP contribution in [0, 0.1) is 23.7 Å². The van der Waals surface area contributed by atoms with Crippen molar-refractivity contribution in [1.82, 2.24) is 29.3 Å². The molecule has 0 spiro atoms. The zero-order valence-electron chi connectivity index (χ0n) is 24.2. The van der Waals surface area contributed by atoms with E-state index in [0.717, 1.165) is 12.8 Å². The first-order chi connectivity index (χ1) is 19.5. The van der Waals surface area contributed by atoms with Crippen molar-refractivity contribution in [2.24, 2.45) is 23.8 Å². The highest BCUT2D eigenvalue weighted by atomic mass is 32.2. The molecule has 42 heavy (non-hydrogen) atoms. The molecule has 0 radical (unpaired) electrons. The van der Waals surface area contributed by atoms with E-state index in [1.807, 2.05) is 0 Å². The number of amides is 1. The average molecular weight is 609 g/mol. The van der Waals surface area contributed by atoms with Gasteiger partial charge in [-0.15, -0.1) is 5.10 Å². The van der Waals surface area contributed by atoms with Gasteiger partial charge in [-0.1, -0.05) is 20.8 Å². The number of ether oxygens (including phenoxy) is 1. The minimum absolute atomic E-state index is 0.0915. The number of hydrogen-bond acceptors (Lipinski definition) is 7. The summed E-state index contributed by atoms with van der Waals surface area (Å²) in [7, 11) is -2.60. The normalized spacial score (nSPS) is 21.3. The molecule has 1 unspecified atom stereocenters. The van der Waals surface area contributed by atoms with Crippen LogP contribution in [0.4, 0.5) is 13.2 Å². The van der Waals surface area contributed by atoms with Crippen LogP contribution in [0.2, 0.25) is 0 Å². The van der Waals surface area contributed by atoms with Gasteiger partial charge in [-0.05, 0) is 62.5 Å². The van der Waals surface area contributed by atoms with Crippen LogP contribution in [0.15, 0.2) is 35.5 Å². The van der Waals surface area contributed by atoms with Gasteiger partial charge in [-0.25, -0.2) is 22.8 Å². The second-order valence-electron chi connectivity index (χ2n) is 12.4. The van der Waals surface area contributed by atoms with Gasteiger partial charge in [-0.3, -0.25) is 9.48 Å². The van der Waals surface area contributed by atoms with E-state index in [2.05, 4.69) is 35.7 Å². The van der Waals surface area contributed by atoms with Crippen LogP contribution in [0.3, 0.4) is 0 Å². The van der Waals surface area contributed by atoms with E-state index in [0.29, 0.717) is 17.4 Å².